The largest absolute Gasteiger partial charge is 0.493 e. The number of carbonyl (C=O) groups excluding carboxylic acids is 1. The smallest absolute Gasteiger partial charge is 0.238 e. The minimum Gasteiger partial charge on any atom is -0.493 e. The van der Waals surface area contributed by atoms with E-state index in [4.69, 9.17) is 14.2 Å². The summed E-state index contributed by atoms with van der Waals surface area (Å²) in [7, 11) is 1.23. The molecule has 0 aliphatic rings. The van der Waals surface area contributed by atoms with Crippen LogP contribution >= 0.6 is 11.3 Å². The fourth-order valence-electron chi connectivity index (χ4n) is 3.47. The van der Waals surface area contributed by atoms with Crippen LogP contribution in [0.4, 0.5) is 0 Å². The highest BCUT2D eigenvalue weighted by Gasteiger charge is 2.26. The van der Waals surface area contributed by atoms with E-state index in [2.05, 4.69) is 0 Å². The molecule has 0 spiro atoms. The first kappa shape index (κ1) is 28.1. The van der Waals surface area contributed by atoms with E-state index in [-0.39, 0.29) is 24.7 Å². The monoisotopic (exact) mass is 512 g/mol. The van der Waals surface area contributed by atoms with Crippen LogP contribution < -0.4 is 9.47 Å². The predicted molar refractivity (Wildman–Crippen MR) is 135 cm³/mol. The van der Waals surface area contributed by atoms with Gasteiger partial charge in [0.15, 0.2) is 11.5 Å². The summed E-state index contributed by atoms with van der Waals surface area (Å²) < 4.78 is 42.3. The molecule has 2 rings (SSSR count). The van der Waals surface area contributed by atoms with Crippen molar-refractivity contribution in [3.63, 3.8) is 0 Å². The molecule has 0 aliphatic heterocycles. The summed E-state index contributed by atoms with van der Waals surface area (Å²) >= 11 is 1.59. The van der Waals surface area contributed by atoms with Crippen LogP contribution in [0.3, 0.4) is 0 Å². The Morgan fingerprint density at radius 2 is 1.79 bits per heavy atom. The number of nitrogens with zero attached hydrogens (tertiary/aromatic N) is 2. The maximum Gasteiger partial charge on any atom is 0.238 e. The first-order chi connectivity index (χ1) is 16.2. The van der Waals surface area contributed by atoms with Gasteiger partial charge in [-0.3, -0.25) is 4.79 Å². The number of rotatable bonds is 15. The van der Waals surface area contributed by atoms with Gasteiger partial charge in [0.1, 0.15) is 0 Å². The molecule has 0 atom stereocenters. The van der Waals surface area contributed by atoms with Gasteiger partial charge in [0.05, 0.1) is 33.1 Å². The third-order valence-corrected chi connectivity index (χ3v) is 8.44. The standard InChI is InChI=1S/C24H36N2O6S2/c1-6-34(28,29)26(12-7-14-30-3)18-24(27)25(17-23-19(2)11-15-33-23)13-10-20-8-9-21(31-4)22(16-20)32-5/h8-9,11,15-16H,6-7,10,12-14,17-18H2,1-5H3. The fraction of sp³-hybridized carbons (Fsp3) is 0.542. The Morgan fingerprint density at radius 1 is 1.06 bits per heavy atom. The number of carbonyl (C=O) groups is 1. The Bertz CT molecular complexity index is 1020. The van der Waals surface area contributed by atoms with Crippen molar-refractivity contribution in [3.05, 3.63) is 45.6 Å². The summed E-state index contributed by atoms with van der Waals surface area (Å²) in [6.45, 7) is 4.99. The zero-order valence-corrected chi connectivity index (χ0v) is 22.3. The van der Waals surface area contributed by atoms with Gasteiger partial charge >= 0.3 is 0 Å². The lowest BCUT2D eigenvalue weighted by Crippen LogP contribution is -2.44. The van der Waals surface area contributed by atoms with Crippen LogP contribution in [0.25, 0.3) is 0 Å². The topological polar surface area (TPSA) is 85.4 Å². The van der Waals surface area contributed by atoms with Crippen LogP contribution in [0.15, 0.2) is 29.6 Å². The molecule has 1 aromatic carbocycles. The SMILES string of the molecule is CCS(=O)(=O)N(CCCOC)CC(=O)N(CCc1ccc(OC)c(OC)c1)Cc1sccc1C. The number of benzene rings is 1. The van der Waals surface area contributed by atoms with Crippen LogP contribution in [-0.4, -0.2) is 76.9 Å². The van der Waals surface area contributed by atoms with E-state index < -0.39 is 10.0 Å². The van der Waals surface area contributed by atoms with E-state index >= 15 is 0 Å². The highest BCUT2D eigenvalue weighted by Crippen LogP contribution is 2.28. The Morgan fingerprint density at radius 3 is 2.38 bits per heavy atom. The summed E-state index contributed by atoms with van der Waals surface area (Å²) in [6.07, 6.45) is 1.12. The van der Waals surface area contributed by atoms with Crippen molar-refractivity contribution in [1.29, 1.82) is 0 Å². The minimum atomic E-state index is -3.52. The lowest BCUT2D eigenvalue weighted by atomic mass is 10.1. The number of methoxy groups -OCH3 is 3. The normalized spacial score (nSPS) is 11.6. The van der Waals surface area contributed by atoms with Gasteiger partial charge in [0.2, 0.25) is 15.9 Å². The number of sulfonamides is 1. The second kappa shape index (κ2) is 13.7. The van der Waals surface area contributed by atoms with Gasteiger partial charge in [-0.1, -0.05) is 6.07 Å². The van der Waals surface area contributed by atoms with Crippen molar-refractivity contribution in [2.45, 2.75) is 33.2 Å². The highest BCUT2D eigenvalue weighted by molar-refractivity contribution is 7.89. The Labute approximate surface area is 207 Å². The molecule has 0 radical (unpaired) electrons. The van der Waals surface area contributed by atoms with Gasteiger partial charge in [0.25, 0.3) is 0 Å². The van der Waals surface area contributed by atoms with Gasteiger partial charge in [0, 0.05) is 31.7 Å². The summed E-state index contributed by atoms with van der Waals surface area (Å²) in [5.41, 5.74) is 2.11. The molecule has 190 valence electrons. The van der Waals surface area contributed by atoms with E-state index in [1.807, 2.05) is 36.6 Å². The van der Waals surface area contributed by atoms with Crippen LogP contribution in [0.1, 0.15) is 29.3 Å². The van der Waals surface area contributed by atoms with Crippen molar-refractivity contribution in [1.82, 2.24) is 9.21 Å². The van der Waals surface area contributed by atoms with Crippen molar-refractivity contribution < 1.29 is 27.4 Å². The van der Waals surface area contributed by atoms with Gasteiger partial charge in [-0.15, -0.1) is 11.3 Å². The van der Waals surface area contributed by atoms with Crippen LogP contribution in [-0.2, 0) is 32.5 Å². The molecule has 0 saturated heterocycles. The molecule has 34 heavy (non-hydrogen) atoms. The fourth-order valence-corrected chi connectivity index (χ4v) is 5.47. The molecular weight excluding hydrogens is 476 g/mol. The first-order valence-electron chi connectivity index (χ1n) is 11.2. The number of ether oxygens (including phenoxy) is 3. The lowest BCUT2D eigenvalue weighted by Gasteiger charge is -2.27. The molecule has 0 fully saturated rings. The van der Waals surface area contributed by atoms with Crippen molar-refractivity contribution >= 4 is 27.3 Å². The molecule has 8 nitrogen and oxygen atoms in total. The number of amides is 1. The predicted octanol–water partition coefficient (Wildman–Crippen LogP) is 3.33. The number of hydrogen-bond donors (Lipinski definition) is 0. The molecule has 10 heteroatoms. The molecule has 1 aromatic heterocycles. The van der Waals surface area contributed by atoms with Crippen molar-refractivity contribution in [3.8, 4) is 11.5 Å². The molecule has 0 bridgehead atoms. The second-order valence-electron chi connectivity index (χ2n) is 7.86. The summed E-state index contributed by atoms with van der Waals surface area (Å²) in [5.74, 6) is 1.00. The third kappa shape index (κ3) is 7.97. The van der Waals surface area contributed by atoms with Gasteiger partial charge in [-0.2, -0.15) is 4.31 Å². The van der Waals surface area contributed by atoms with Crippen LogP contribution in [0.2, 0.25) is 0 Å². The van der Waals surface area contributed by atoms with E-state index in [0.29, 0.717) is 44.0 Å². The minimum absolute atomic E-state index is 0.0526. The summed E-state index contributed by atoms with van der Waals surface area (Å²) in [6, 6.07) is 7.71. The van der Waals surface area contributed by atoms with E-state index in [1.54, 1.807) is 44.5 Å². The molecule has 0 N–H and O–H groups in total. The zero-order chi connectivity index (χ0) is 25.1. The van der Waals surface area contributed by atoms with E-state index in [1.165, 1.54) is 4.31 Å². The van der Waals surface area contributed by atoms with E-state index in [9.17, 15) is 13.2 Å². The lowest BCUT2D eigenvalue weighted by molar-refractivity contribution is -0.132. The second-order valence-corrected chi connectivity index (χ2v) is 11.1. The maximum atomic E-state index is 13.4. The molecule has 2 aromatic rings. The van der Waals surface area contributed by atoms with Crippen molar-refractivity contribution in [2.75, 3.05) is 53.3 Å². The molecule has 1 heterocycles. The Balaban J connectivity index is 2.21. The number of thiophene rings is 1. The quantitative estimate of drug-likeness (QED) is 0.340. The molecule has 0 saturated carbocycles. The molecule has 1 amide bonds. The molecular formula is C24H36N2O6S2. The third-order valence-electron chi connectivity index (χ3n) is 5.60. The van der Waals surface area contributed by atoms with Gasteiger partial charge < -0.3 is 19.1 Å². The van der Waals surface area contributed by atoms with Crippen molar-refractivity contribution in [2.24, 2.45) is 0 Å². The highest BCUT2D eigenvalue weighted by atomic mass is 32.2. The van der Waals surface area contributed by atoms with E-state index in [0.717, 1.165) is 16.0 Å². The first-order valence-corrected chi connectivity index (χ1v) is 13.7. The molecule has 0 unspecified atom stereocenters. The Hall–Kier alpha value is -2.14. The average Bonchev–Trinajstić information content (AvgIpc) is 3.24. The van der Waals surface area contributed by atoms with Crippen LogP contribution in [0.5, 0.6) is 11.5 Å². The average molecular weight is 513 g/mol. The van der Waals surface area contributed by atoms with Crippen LogP contribution in [0, 0.1) is 6.92 Å². The van der Waals surface area contributed by atoms with Gasteiger partial charge in [-0.25, -0.2) is 8.42 Å². The number of aryl methyl sites for hydroxylation is 1. The summed E-state index contributed by atoms with van der Waals surface area (Å²) in [4.78, 5) is 16.2. The zero-order valence-electron chi connectivity index (χ0n) is 20.7. The van der Waals surface area contributed by atoms with Gasteiger partial charge in [-0.05, 0) is 61.4 Å². The number of hydrogen-bond acceptors (Lipinski definition) is 7. The Kier molecular flexibility index (Phi) is 11.3. The molecule has 0 aliphatic carbocycles. The summed E-state index contributed by atoms with van der Waals surface area (Å²) in [5, 5.41) is 2.00. The maximum absolute atomic E-state index is 13.4.